The SMILES string of the molecule is FC1=C(F)NCC(Br)=C1. The van der Waals surface area contributed by atoms with Crippen LogP contribution in [0.3, 0.4) is 0 Å². The molecule has 0 saturated carbocycles. The smallest absolute Gasteiger partial charge is 0.223 e. The lowest BCUT2D eigenvalue weighted by atomic mass is 10.4. The van der Waals surface area contributed by atoms with E-state index in [0.29, 0.717) is 11.0 Å². The molecule has 0 saturated heterocycles. The first-order valence-electron chi connectivity index (χ1n) is 2.35. The van der Waals surface area contributed by atoms with Crippen LogP contribution in [0.4, 0.5) is 8.78 Å². The predicted molar refractivity (Wildman–Crippen MR) is 34.3 cm³/mol. The van der Waals surface area contributed by atoms with Crippen molar-refractivity contribution >= 4 is 15.9 Å². The number of nitrogens with one attached hydrogen (secondary N) is 1. The summed E-state index contributed by atoms with van der Waals surface area (Å²) in [5, 5.41) is 2.20. The Morgan fingerprint density at radius 3 is 2.67 bits per heavy atom. The quantitative estimate of drug-likeness (QED) is 0.584. The predicted octanol–water partition coefficient (Wildman–Crippen LogP) is 1.98. The van der Waals surface area contributed by atoms with Crippen LogP contribution in [0.1, 0.15) is 0 Å². The van der Waals surface area contributed by atoms with Gasteiger partial charge >= 0.3 is 0 Å². The fourth-order valence-corrected chi connectivity index (χ4v) is 0.840. The molecular formula is C5H4BrF2N. The molecule has 1 N–H and O–H groups in total. The summed E-state index contributed by atoms with van der Waals surface area (Å²) >= 11 is 3.01. The second-order valence-electron chi connectivity index (χ2n) is 1.61. The standard InChI is InChI=1S/C5H4BrF2N/c6-3-1-4(7)5(8)9-2-3/h1,9H,2H2. The van der Waals surface area contributed by atoms with Crippen molar-refractivity contribution in [1.82, 2.24) is 5.32 Å². The highest BCUT2D eigenvalue weighted by Crippen LogP contribution is 2.17. The lowest BCUT2D eigenvalue weighted by molar-refractivity contribution is 0.492. The van der Waals surface area contributed by atoms with Gasteiger partial charge in [0.2, 0.25) is 5.95 Å². The summed E-state index contributed by atoms with van der Waals surface area (Å²) in [6.07, 6.45) is 1.10. The Labute approximate surface area is 59.6 Å². The van der Waals surface area contributed by atoms with Gasteiger partial charge in [-0.1, -0.05) is 15.9 Å². The average Bonchev–Trinajstić information content (AvgIpc) is 1.80. The van der Waals surface area contributed by atoms with E-state index < -0.39 is 11.8 Å². The van der Waals surface area contributed by atoms with Crippen molar-refractivity contribution in [2.75, 3.05) is 6.54 Å². The Hall–Kier alpha value is -0.380. The molecule has 0 atom stereocenters. The van der Waals surface area contributed by atoms with Crippen LogP contribution in [0.15, 0.2) is 22.3 Å². The molecule has 0 unspecified atom stereocenters. The van der Waals surface area contributed by atoms with E-state index in [1.165, 1.54) is 0 Å². The average molecular weight is 196 g/mol. The Morgan fingerprint density at radius 1 is 1.56 bits per heavy atom. The molecule has 0 aromatic rings. The van der Waals surface area contributed by atoms with Crippen molar-refractivity contribution in [3.05, 3.63) is 22.3 Å². The van der Waals surface area contributed by atoms with Crippen LogP contribution in [-0.4, -0.2) is 6.54 Å². The van der Waals surface area contributed by atoms with Crippen molar-refractivity contribution in [3.63, 3.8) is 0 Å². The zero-order valence-electron chi connectivity index (χ0n) is 4.42. The Kier molecular flexibility index (Phi) is 1.85. The number of allylic oxidation sites excluding steroid dienone is 2. The van der Waals surface area contributed by atoms with Crippen molar-refractivity contribution < 1.29 is 8.78 Å². The molecular weight excluding hydrogens is 192 g/mol. The lowest BCUT2D eigenvalue weighted by Crippen LogP contribution is -2.16. The third-order valence-electron chi connectivity index (χ3n) is 0.905. The summed E-state index contributed by atoms with van der Waals surface area (Å²) in [4.78, 5) is 0. The number of dihydropyridines is 1. The van der Waals surface area contributed by atoms with Crippen molar-refractivity contribution in [1.29, 1.82) is 0 Å². The fraction of sp³-hybridized carbons (Fsp3) is 0.200. The van der Waals surface area contributed by atoms with Crippen LogP contribution >= 0.6 is 15.9 Å². The van der Waals surface area contributed by atoms with Crippen LogP contribution < -0.4 is 5.32 Å². The maximum Gasteiger partial charge on any atom is 0.223 e. The second-order valence-corrected chi connectivity index (χ2v) is 2.63. The van der Waals surface area contributed by atoms with E-state index in [0.717, 1.165) is 6.08 Å². The zero-order chi connectivity index (χ0) is 6.85. The maximum absolute atomic E-state index is 12.2. The molecule has 1 rings (SSSR count). The molecule has 1 heterocycles. The van der Waals surface area contributed by atoms with E-state index in [1.807, 2.05) is 0 Å². The van der Waals surface area contributed by atoms with Crippen LogP contribution in [0, 0.1) is 0 Å². The van der Waals surface area contributed by atoms with E-state index in [4.69, 9.17) is 0 Å². The van der Waals surface area contributed by atoms with Gasteiger partial charge in [-0.2, -0.15) is 4.39 Å². The van der Waals surface area contributed by atoms with Crippen molar-refractivity contribution in [3.8, 4) is 0 Å². The number of rotatable bonds is 0. The first kappa shape index (κ1) is 6.74. The summed E-state index contributed by atoms with van der Waals surface area (Å²) in [6, 6.07) is 0. The first-order chi connectivity index (χ1) is 4.20. The monoisotopic (exact) mass is 195 g/mol. The Bertz CT molecular complexity index is 185. The van der Waals surface area contributed by atoms with Gasteiger partial charge < -0.3 is 5.32 Å². The number of hydrogen-bond acceptors (Lipinski definition) is 1. The minimum Gasteiger partial charge on any atom is -0.355 e. The highest BCUT2D eigenvalue weighted by molar-refractivity contribution is 9.11. The van der Waals surface area contributed by atoms with Crippen LogP contribution in [0.5, 0.6) is 0 Å². The van der Waals surface area contributed by atoms with E-state index in [9.17, 15) is 8.78 Å². The summed E-state index contributed by atoms with van der Waals surface area (Å²) in [5.41, 5.74) is 0. The fourth-order valence-electron chi connectivity index (χ4n) is 0.498. The largest absolute Gasteiger partial charge is 0.355 e. The molecule has 1 aliphatic rings. The molecule has 0 amide bonds. The van der Waals surface area contributed by atoms with Gasteiger partial charge in [0.15, 0.2) is 5.83 Å². The second kappa shape index (κ2) is 2.47. The molecule has 50 valence electrons. The summed E-state index contributed by atoms with van der Waals surface area (Å²) < 4.78 is 24.9. The topological polar surface area (TPSA) is 12.0 Å². The van der Waals surface area contributed by atoms with Crippen LogP contribution in [-0.2, 0) is 0 Å². The Morgan fingerprint density at radius 2 is 2.22 bits per heavy atom. The molecule has 0 radical (unpaired) electrons. The minimum atomic E-state index is -0.891. The van der Waals surface area contributed by atoms with Crippen molar-refractivity contribution in [2.45, 2.75) is 0 Å². The van der Waals surface area contributed by atoms with Crippen molar-refractivity contribution in [2.24, 2.45) is 0 Å². The minimum absolute atomic E-state index is 0.319. The molecule has 1 nitrogen and oxygen atoms in total. The highest BCUT2D eigenvalue weighted by Gasteiger charge is 2.09. The van der Waals surface area contributed by atoms with E-state index >= 15 is 0 Å². The van der Waals surface area contributed by atoms with Gasteiger partial charge in [0.05, 0.1) is 0 Å². The summed E-state index contributed by atoms with van der Waals surface area (Å²) in [5.74, 6) is -1.74. The third kappa shape index (κ3) is 1.51. The molecule has 9 heavy (non-hydrogen) atoms. The highest BCUT2D eigenvalue weighted by atomic mass is 79.9. The molecule has 4 heteroatoms. The van der Waals surface area contributed by atoms with Gasteiger partial charge in [0.25, 0.3) is 0 Å². The number of hydrogen-bond donors (Lipinski definition) is 1. The number of halogens is 3. The van der Waals surface area contributed by atoms with Gasteiger partial charge in [-0.05, 0) is 6.08 Å². The summed E-state index contributed by atoms with van der Waals surface area (Å²) in [6.45, 7) is 0.319. The van der Waals surface area contributed by atoms with Crippen LogP contribution in [0.2, 0.25) is 0 Å². The molecule has 0 aromatic carbocycles. The van der Waals surface area contributed by atoms with Gasteiger partial charge in [0, 0.05) is 11.0 Å². The molecule has 0 fully saturated rings. The van der Waals surface area contributed by atoms with Gasteiger partial charge in [-0.3, -0.25) is 0 Å². The zero-order valence-corrected chi connectivity index (χ0v) is 6.00. The van der Waals surface area contributed by atoms with Gasteiger partial charge in [-0.25, -0.2) is 4.39 Å². The van der Waals surface area contributed by atoms with E-state index in [2.05, 4.69) is 21.2 Å². The third-order valence-corrected chi connectivity index (χ3v) is 1.41. The summed E-state index contributed by atoms with van der Waals surface area (Å²) in [7, 11) is 0. The van der Waals surface area contributed by atoms with E-state index in [1.54, 1.807) is 0 Å². The van der Waals surface area contributed by atoms with Gasteiger partial charge in [0.1, 0.15) is 0 Å². The molecule has 1 aliphatic heterocycles. The van der Waals surface area contributed by atoms with Crippen LogP contribution in [0.25, 0.3) is 0 Å². The Balaban J connectivity index is 2.83. The lowest BCUT2D eigenvalue weighted by Gasteiger charge is -2.07. The molecule has 0 bridgehead atoms. The van der Waals surface area contributed by atoms with Gasteiger partial charge in [-0.15, -0.1) is 0 Å². The molecule has 0 spiro atoms. The first-order valence-corrected chi connectivity index (χ1v) is 3.14. The normalized spacial score (nSPS) is 19.2. The molecule has 0 aromatic heterocycles. The van der Waals surface area contributed by atoms with E-state index in [-0.39, 0.29) is 0 Å². The molecule has 0 aliphatic carbocycles. The maximum atomic E-state index is 12.2.